The number of hydrogen-bond donors (Lipinski definition) is 2. The first kappa shape index (κ1) is 17.8. The van der Waals surface area contributed by atoms with Gasteiger partial charge in [0.2, 0.25) is 6.79 Å². The van der Waals surface area contributed by atoms with Crippen LogP contribution < -0.4 is 18.9 Å². The zero-order chi connectivity index (χ0) is 19.8. The minimum Gasteiger partial charge on any atom is -0.508 e. The van der Waals surface area contributed by atoms with Crippen molar-refractivity contribution >= 4 is 5.97 Å². The van der Waals surface area contributed by atoms with Gasteiger partial charge < -0.3 is 33.9 Å². The molecule has 8 heteroatoms. The molecule has 4 rings (SSSR count). The highest BCUT2D eigenvalue weighted by Crippen LogP contribution is 2.48. The topological polar surface area (TPSA) is 104 Å². The van der Waals surface area contributed by atoms with E-state index in [4.69, 9.17) is 23.7 Å². The van der Waals surface area contributed by atoms with Gasteiger partial charge in [0.05, 0.1) is 25.7 Å². The first-order chi connectivity index (χ1) is 13.5. The predicted octanol–water partition coefficient (Wildman–Crippen LogP) is 2.64. The molecular formula is C20H18O8. The summed E-state index contributed by atoms with van der Waals surface area (Å²) in [6, 6.07) is 8.06. The van der Waals surface area contributed by atoms with Crippen LogP contribution in [0.5, 0.6) is 28.7 Å². The van der Waals surface area contributed by atoms with Crippen molar-refractivity contribution in [3.8, 4) is 28.7 Å². The minimum absolute atomic E-state index is 0.0256. The van der Waals surface area contributed by atoms with Gasteiger partial charge in [0.25, 0.3) is 0 Å². The summed E-state index contributed by atoms with van der Waals surface area (Å²) in [6.07, 6.45) is 0. The number of aliphatic hydroxyl groups is 1. The largest absolute Gasteiger partial charge is 0.508 e. The predicted molar refractivity (Wildman–Crippen MR) is 96.2 cm³/mol. The van der Waals surface area contributed by atoms with Gasteiger partial charge >= 0.3 is 5.97 Å². The van der Waals surface area contributed by atoms with Crippen LogP contribution in [0.3, 0.4) is 0 Å². The SMILES string of the molecule is COc1ccc([C@@H](C2=C(O)COC2=O)c2cc3c(cc2O)OCO3)c(OC)c1. The first-order valence-electron chi connectivity index (χ1n) is 8.47. The number of benzene rings is 2. The van der Waals surface area contributed by atoms with Gasteiger partial charge in [-0.05, 0) is 12.1 Å². The van der Waals surface area contributed by atoms with Crippen molar-refractivity contribution < 1.29 is 38.7 Å². The van der Waals surface area contributed by atoms with Crippen LogP contribution in [0.15, 0.2) is 41.7 Å². The summed E-state index contributed by atoms with van der Waals surface area (Å²) in [5.74, 6) is -0.0478. The maximum atomic E-state index is 12.4. The minimum atomic E-state index is -0.856. The summed E-state index contributed by atoms with van der Waals surface area (Å²) in [5, 5.41) is 21.0. The highest BCUT2D eigenvalue weighted by molar-refractivity contribution is 5.94. The number of fused-ring (bicyclic) bond motifs is 1. The van der Waals surface area contributed by atoms with Gasteiger partial charge in [-0.1, -0.05) is 6.07 Å². The Morgan fingerprint density at radius 2 is 1.71 bits per heavy atom. The second-order valence-electron chi connectivity index (χ2n) is 6.24. The molecule has 2 aliphatic rings. The zero-order valence-electron chi connectivity index (χ0n) is 15.2. The van der Waals surface area contributed by atoms with E-state index in [1.165, 1.54) is 20.3 Å². The van der Waals surface area contributed by atoms with Crippen molar-refractivity contribution in [2.75, 3.05) is 27.6 Å². The van der Waals surface area contributed by atoms with E-state index >= 15 is 0 Å². The Kier molecular flexibility index (Phi) is 4.38. The van der Waals surface area contributed by atoms with Crippen molar-refractivity contribution in [3.05, 3.63) is 52.8 Å². The molecule has 0 radical (unpaired) electrons. The van der Waals surface area contributed by atoms with Gasteiger partial charge in [-0.2, -0.15) is 0 Å². The Morgan fingerprint density at radius 3 is 2.36 bits per heavy atom. The van der Waals surface area contributed by atoms with Crippen LogP contribution in [-0.2, 0) is 9.53 Å². The number of rotatable bonds is 5. The lowest BCUT2D eigenvalue weighted by molar-refractivity contribution is -0.136. The van der Waals surface area contributed by atoms with Gasteiger partial charge in [0.1, 0.15) is 29.6 Å². The zero-order valence-corrected chi connectivity index (χ0v) is 15.2. The van der Waals surface area contributed by atoms with Gasteiger partial charge in [-0.25, -0.2) is 4.79 Å². The van der Waals surface area contributed by atoms with E-state index in [9.17, 15) is 15.0 Å². The summed E-state index contributed by atoms with van der Waals surface area (Å²) in [4.78, 5) is 12.4. The number of methoxy groups -OCH3 is 2. The summed E-state index contributed by atoms with van der Waals surface area (Å²) < 4.78 is 26.4. The fourth-order valence-electron chi connectivity index (χ4n) is 3.41. The third-order valence-corrected chi connectivity index (χ3v) is 4.74. The molecule has 0 spiro atoms. The molecule has 28 heavy (non-hydrogen) atoms. The van der Waals surface area contributed by atoms with Crippen LogP contribution in [-0.4, -0.2) is 43.8 Å². The number of cyclic esters (lactones) is 1. The quantitative estimate of drug-likeness (QED) is 0.756. The molecule has 2 aromatic rings. The van der Waals surface area contributed by atoms with Crippen LogP contribution in [0.4, 0.5) is 0 Å². The van der Waals surface area contributed by atoms with Crippen LogP contribution in [0, 0.1) is 0 Å². The maximum Gasteiger partial charge on any atom is 0.338 e. The molecule has 0 amide bonds. The van der Waals surface area contributed by atoms with E-state index in [2.05, 4.69) is 0 Å². The molecule has 0 bridgehead atoms. The number of phenols is 1. The summed E-state index contributed by atoms with van der Waals surface area (Å²) >= 11 is 0. The molecule has 0 unspecified atom stereocenters. The van der Waals surface area contributed by atoms with Gasteiger partial charge in [0, 0.05) is 23.3 Å². The number of carbonyl (C=O) groups excluding carboxylic acids is 1. The van der Waals surface area contributed by atoms with E-state index in [-0.39, 0.29) is 30.5 Å². The standard InChI is InChI=1S/C20H18O8/c1-24-10-3-4-11(15(5-10)25-2)18(19-14(22)8-26-20(19)23)12-6-16-17(7-13(12)21)28-9-27-16/h3-7,18,21-22H,8-9H2,1-2H3/t18-/m1/s1. The Balaban J connectivity index is 1.95. The number of ether oxygens (including phenoxy) is 5. The molecule has 146 valence electrons. The molecule has 0 aliphatic carbocycles. The van der Waals surface area contributed by atoms with E-state index in [1.807, 2.05) is 0 Å². The van der Waals surface area contributed by atoms with Crippen LogP contribution in [0.1, 0.15) is 17.0 Å². The molecule has 2 heterocycles. The molecule has 0 fully saturated rings. The number of aromatic hydroxyl groups is 1. The van der Waals surface area contributed by atoms with Crippen molar-refractivity contribution in [2.24, 2.45) is 0 Å². The highest BCUT2D eigenvalue weighted by Gasteiger charge is 2.37. The third-order valence-electron chi connectivity index (χ3n) is 4.74. The number of esters is 1. The molecule has 0 saturated carbocycles. The second kappa shape index (κ2) is 6.88. The summed E-state index contributed by atoms with van der Waals surface area (Å²) in [7, 11) is 3.01. The van der Waals surface area contributed by atoms with Crippen LogP contribution in [0.25, 0.3) is 0 Å². The maximum absolute atomic E-state index is 12.4. The van der Waals surface area contributed by atoms with E-state index in [1.54, 1.807) is 24.3 Å². The number of carbonyl (C=O) groups is 1. The molecule has 0 aromatic heterocycles. The van der Waals surface area contributed by atoms with E-state index in [0.29, 0.717) is 34.1 Å². The Morgan fingerprint density at radius 1 is 0.964 bits per heavy atom. The summed E-state index contributed by atoms with van der Waals surface area (Å²) in [5.41, 5.74) is 0.906. The fraction of sp³-hybridized carbons (Fsp3) is 0.250. The van der Waals surface area contributed by atoms with Gasteiger partial charge in [-0.15, -0.1) is 0 Å². The molecular weight excluding hydrogens is 368 g/mol. The fourth-order valence-corrected chi connectivity index (χ4v) is 3.41. The van der Waals surface area contributed by atoms with Crippen molar-refractivity contribution in [1.29, 1.82) is 0 Å². The normalized spacial score (nSPS) is 16.1. The Hall–Kier alpha value is -3.55. The average molecular weight is 386 g/mol. The van der Waals surface area contributed by atoms with Crippen molar-refractivity contribution in [2.45, 2.75) is 5.92 Å². The lowest BCUT2D eigenvalue weighted by atomic mass is 9.83. The highest BCUT2D eigenvalue weighted by atomic mass is 16.7. The van der Waals surface area contributed by atoms with Crippen molar-refractivity contribution in [3.63, 3.8) is 0 Å². The average Bonchev–Trinajstić information content (AvgIpc) is 3.29. The van der Waals surface area contributed by atoms with Gasteiger partial charge in [0.15, 0.2) is 11.5 Å². The second-order valence-corrected chi connectivity index (χ2v) is 6.24. The van der Waals surface area contributed by atoms with Crippen molar-refractivity contribution in [1.82, 2.24) is 0 Å². The molecule has 0 saturated heterocycles. The number of aliphatic hydroxyl groups excluding tert-OH is 1. The number of hydrogen-bond acceptors (Lipinski definition) is 8. The smallest absolute Gasteiger partial charge is 0.338 e. The molecule has 1 atom stereocenters. The Bertz CT molecular complexity index is 978. The molecule has 2 N–H and O–H groups in total. The Labute approximate surface area is 160 Å². The third kappa shape index (κ3) is 2.83. The monoisotopic (exact) mass is 386 g/mol. The molecule has 8 nitrogen and oxygen atoms in total. The summed E-state index contributed by atoms with van der Waals surface area (Å²) in [6.45, 7) is -0.195. The molecule has 2 aromatic carbocycles. The van der Waals surface area contributed by atoms with Gasteiger partial charge in [-0.3, -0.25) is 0 Å². The lowest BCUT2D eigenvalue weighted by Gasteiger charge is -2.22. The van der Waals surface area contributed by atoms with Crippen LogP contribution in [0.2, 0.25) is 0 Å². The van der Waals surface area contributed by atoms with Crippen LogP contribution >= 0.6 is 0 Å². The van der Waals surface area contributed by atoms with E-state index < -0.39 is 11.9 Å². The molecule has 2 aliphatic heterocycles. The first-order valence-corrected chi connectivity index (χ1v) is 8.47. The lowest BCUT2D eigenvalue weighted by Crippen LogP contribution is -2.13. The number of phenolic OH excluding ortho intramolecular Hbond substituents is 1. The van der Waals surface area contributed by atoms with E-state index in [0.717, 1.165) is 0 Å².